The molecule has 1 aromatic heterocycles. The van der Waals surface area contributed by atoms with Crippen LogP contribution in [0.1, 0.15) is 11.1 Å². The van der Waals surface area contributed by atoms with E-state index in [1.807, 2.05) is 24.3 Å². The highest BCUT2D eigenvalue weighted by molar-refractivity contribution is 7.14. The molecule has 30 heavy (non-hydrogen) atoms. The number of hydrogen-bond acceptors (Lipinski definition) is 6. The van der Waals surface area contributed by atoms with Crippen molar-refractivity contribution in [3.8, 4) is 17.3 Å². The number of nitrogens with one attached hydrogen (secondary N) is 1. The standard InChI is InChI=1S/C23H20N4O2S/c24-15-18-3-1-17(2-4-18)5-10-22(28)25-20-8-6-19(7-9-20)21-16-30-23(26-21)27-11-13-29-14-12-27/h1-10,16H,11-14H2,(H,25,28)/b10-5+. The van der Waals surface area contributed by atoms with Crippen molar-refractivity contribution in [2.24, 2.45) is 0 Å². The zero-order valence-corrected chi connectivity index (χ0v) is 17.1. The van der Waals surface area contributed by atoms with Crippen LogP contribution in [0.15, 0.2) is 60.0 Å². The van der Waals surface area contributed by atoms with Gasteiger partial charge in [0, 0.05) is 35.8 Å². The number of amides is 1. The van der Waals surface area contributed by atoms with Gasteiger partial charge in [-0.05, 0) is 35.9 Å². The third kappa shape index (κ3) is 4.92. The van der Waals surface area contributed by atoms with Gasteiger partial charge in [0.1, 0.15) is 0 Å². The van der Waals surface area contributed by atoms with Gasteiger partial charge in [0.05, 0.1) is 30.5 Å². The number of nitrogens with zero attached hydrogens (tertiary/aromatic N) is 3. The summed E-state index contributed by atoms with van der Waals surface area (Å²) < 4.78 is 5.39. The number of aromatic nitrogens is 1. The lowest BCUT2D eigenvalue weighted by atomic mass is 10.1. The molecule has 2 heterocycles. The fraction of sp³-hybridized carbons (Fsp3) is 0.174. The van der Waals surface area contributed by atoms with E-state index in [1.165, 1.54) is 6.08 Å². The maximum atomic E-state index is 12.2. The van der Waals surface area contributed by atoms with Crippen LogP contribution in [0.4, 0.5) is 10.8 Å². The molecule has 0 atom stereocenters. The van der Waals surface area contributed by atoms with Crippen molar-refractivity contribution in [1.82, 2.24) is 4.98 Å². The molecule has 1 amide bonds. The first kappa shape index (κ1) is 19.8. The molecule has 150 valence electrons. The highest BCUT2D eigenvalue weighted by Gasteiger charge is 2.15. The van der Waals surface area contributed by atoms with E-state index in [-0.39, 0.29) is 5.91 Å². The highest BCUT2D eigenvalue weighted by Crippen LogP contribution is 2.28. The Bertz CT molecular complexity index is 1080. The van der Waals surface area contributed by atoms with Crippen LogP contribution in [0, 0.1) is 11.3 Å². The van der Waals surface area contributed by atoms with Crippen LogP contribution in [0.25, 0.3) is 17.3 Å². The Balaban J connectivity index is 1.36. The Morgan fingerprint density at radius 3 is 2.57 bits per heavy atom. The van der Waals surface area contributed by atoms with E-state index >= 15 is 0 Å². The van der Waals surface area contributed by atoms with E-state index < -0.39 is 0 Å². The number of nitriles is 1. The fourth-order valence-corrected chi connectivity index (χ4v) is 3.93. The Labute approximate surface area is 179 Å². The van der Waals surface area contributed by atoms with Crippen molar-refractivity contribution in [3.05, 3.63) is 71.1 Å². The molecule has 1 aliphatic rings. The summed E-state index contributed by atoms with van der Waals surface area (Å²) >= 11 is 1.64. The number of carbonyl (C=O) groups excluding carboxylic acids is 1. The van der Waals surface area contributed by atoms with E-state index in [4.69, 9.17) is 15.0 Å². The second-order valence-corrected chi connectivity index (χ2v) is 7.59. The maximum Gasteiger partial charge on any atom is 0.248 e. The molecule has 6 nitrogen and oxygen atoms in total. The lowest BCUT2D eigenvalue weighted by Crippen LogP contribution is -2.36. The Morgan fingerprint density at radius 1 is 1.13 bits per heavy atom. The van der Waals surface area contributed by atoms with Gasteiger partial charge >= 0.3 is 0 Å². The Hall–Kier alpha value is -3.47. The minimum absolute atomic E-state index is 0.213. The number of hydrogen-bond donors (Lipinski definition) is 1. The largest absolute Gasteiger partial charge is 0.378 e. The van der Waals surface area contributed by atoms with Gasteiger partial charge in [-0.15, -0.1) is 11.3 Å². The molecule has 1 N–H and O–H groups in total. The van der Waals surface area contributed by atoms with Crippen LogP contribution in [-0.2, 0) is 9.53 Å². The van der Waals surface area contributed by atoms with Gasteiger partial charge in [-0.2, -0.15) is 5.26 Å². The van der Waals surface area contributed by atoms with Crippen LogP contribution in [-0.4, -0.2) is 37.2 Å². The summed E-state index contributed by atoms with van der Waals surface area (Å²) in [6, 6.07) is 16.8. The predicted molar refractivity (Wildman–Crippen MR) is 119 cm³/mol. The molecule has 1 saturated heterocycles. The summed E-state index contributed by atoms with van der Waals surface area (Å²) in [4.78, 5) is 19.1. The molecule has 2 aromatic carbocycles. The van der Waals surface area contributed by atoms with Gasteiger partial charge in [-0.3, -0.25) is 4.79 Å². The second kappa shape index (κ2) is 9.35. The van der Waals surface area contributed by atoms with Crippen molar-refractivity contribution in [2.45, 2.75) is 0 Å². The predicted octanol–water partition coefficient (Wildman–Crippen LogP) is 4.17. The number of anilines is 2. The summed E-state index contributed by atoms with van der Waals surface area (Å²) in [5, 5.41) is 14.7. The first-order valence-corrected chi connectivity index (χ1v) is 10.5. The summed E-state index contributed by atoms with van der Waals surface area (Å²) in [6.45, 7) is 3.22. The maximum absolute atomic E-state index is 12.2. The first-order chi connectivity index (χ1) is 14.7. The van der Waals surface area contributed by atoms with Crippen LogP contribution < -0.4 is 10.2 Å². The average molecular weight is 417 g/mol. The Morgan fingerprint density at radius 2 is 1.87 bits per heavy atom. The Kier molecular flexibility index (Phi) is 6.18. The zero-order valence-electron chi connectivity index (χ0n) is 16.2. The minimum Gasteiger partial charge on any atom is -0.378 e. The lowest BCUT2D eigenvalue weighted by molar-refractivity contribution is -0.111. The highest BCUT2D eigenvalue weighted by atomic mass is 32.1. The van der Waals surface area contributed by atoms with E-state index in [1.54, 1.807) is 41.7 Å². The van der Waals surface area contributed by atoms with Crippen LogP contribution in [0.5, 0.6) is 0 Å². The molecule has 0 aliphatic carbocycles. The van der Waals surface area contributed by atoms with Crippen LogP contribution >= 0.6 is 11.3 Å². The van der Waals surface area contributed by atoms with Gasteiger partial charge < -0.3 is 15.0 Å². The third-order valence-electron chi connectivity index (χ3n) is 4.69. The van der Waals surface area contributed by atoms with Crippen molar-refractivity contribution >= 4 is 34.1 Å². The van der Waals surface area contributed by atoms with Gasteiger partial charge in [0.2, 0.25) is 5.91 Å². The molecule has 1 aliphatic heterocycles. The third-order valence-corrected chi connectivity index (χ3v) is 5.59. The van der Waals surface area contributed by atoms with E-state index in [9.17, 15) is 4.79 Å². The number of carbonyl (C=O) groups is 1. The number of morpholine rings is 1. The smallest absolute Gasteiger partial charge is 0.248 e. The number of rotatable bonds is 5. The van der Waals surface area contributed by atoms with Crippen LogP contribution in [0.2, 0.25) is 0 Å². The number of thiazole rings is 1. The van der Waals surface area contributed by atoms with Crippen molar-refractivity contribution in [1.29, 1.82) is 5.26 Å². The van der Waals surface area contributed by atoms with Crippen molar-refractivity contribution in [3.63, 3.8) is 0 Å². The van der Waals surface area contributed by atoms with Gasteiger partial charge in [0.25, 0.3) is 0 Å². The normalized spacial score (nSPS) is 13.9. The van der Waals surface area contributed by atoms with Gasteiger partial charge in [0.15, 0.2) is 5.13 Å². The molecule has 0 unspecified atom stereocenters. The minimum atomic E-state index is -0.213. The van der Waals surface area contributed by atoms with E-state index in [0.717, 1.165) is 53.9 Å². The average Bonchev–Trinajstić information content (AvgIpc) is 3.29. The molecule has 1 fully saturated rings. The zero-order chi connectivity index (χ0) is 20.8. The molecular weight excluding hydrogens is 396 g/mol. The SMILES string of the molecule is N#Cc1ccc(/C=C/C(=O)Nc2ccc(-c3csc(N4CCOCC4)n3)cc2)cc1. The van der Waals surface area contributed by atoms with Crippen LogP contribution in [0.3, 0.4) is 0 Å². The topological polar surface area (TPSA) is 78.2 Å². The molecule has 3 aromatic rings. The molecule has 0 saturated carbocycles. The summed E-state index contributed by atoms with van der Waals surface area (Å²) in [5.74, 6) is -0.213. The first-order valence-electron chi connectivity index (χ1n) is 9.59. The summed E-state index contributed by atoms with van der Waals surface area (Å²) in [5.41, 5.74) is 4.11. The summed E-state index contributed by atoms with van der Waals surface area (Å²) in [6.07, 6.45) is 3.19. The molecular formula is C23H20N4O2S. The molecule has 7 heteroatoms. The number of benzene rings is 2. The monoisotopic (exact) mass is 416 g/mol. The van der Waals surface area contributed by atoms with E-state index in [0.29, 0.717) is 5.56 Å². The quantitative estimate of drug-likeness (QED) is 0.632. The molecule has 0 spiro atoms. The van der Waals surface area contributed by atoms with E-state index in [2.05, 4.69) is 21.7 Å². The number of ether oxygens (including phenoxy) is 1. The van der Waals surface area contributed by atoms with Gasteiger partial charge in [-0.1, -0.05) is 24.3 Å². The fourth-order valence-electron chi connectivity index (χ4n) is 3.05. The summed E-state index contributed by atoms with van der Waals surface area (Å²) in [7, 11) is 0. The van der Waals surface area contributed by atoms with Crippen molar-refractivity contribution < 1.29 is 9.53 Å². The van der Waals surface area contributed by atoms with Crippen molar-refractivity contribution in [2.75, 3.05) is 36.5 Å². The molecule has 0 bridgehead atoms. The van der Waals surface area contributed by atoms with Gasteiger partial charge in [-0.25, -0.2) is 4.98 Å². The molecule has 0 radical (unpaired) electrons. The lowest BCUT2D eigenvalue weighted by Gasteiger charge is -2.26. The molecule has 4 rings (SSSR count). The second-order valence-electron chi connectivity index (χ2n) is 6.75.